The van der Waals surface area contributed by atoms with Crippen LogP contribution in [-0.2, 0) is 11.4 Å². The summed E-state index contributed by atoms with van der Waals surface area (Å²) in [7, 11) is 0. The molecule has 1 heterocycles. The minimum atomic E-state index is -0.496. The SMILES string of the molecule is O=C(CN1C(=O)S/C(=C\c2cc(Br)ccc2OCc2ccccc2)C1=O)c1ccc(Br)cc1. The molecule has 3 aromatic carbocycles. The fourth-order valence-corrected chi connectivity index (χ4v) is 4.62. The van der Waals surface area contributed by atoms with Crippen molar-refractivity contribution in [1.29, 1.82) is 0 Å². The van der Waals surface area contributed by atoms with Crippen molar-refractivity contribution in [3.05, 3.63) is 103 Å². The molecule has 0 bridgehead atoms. The van der Waals surface area contributed by atoms with Gasteiger partial charge in [-0.15, -0.1) is 0 Å². The number of carbonyl (C=O) groups excluding carboxylic acids is 3. The Morgan fingerprint density at radius 1 is 0.939 bits per heavy atom. The van der Waals surface area contributed by atoms with Gasteiger partial charge >= 0.3 is 0 Å². The van der Waals surface area contributed by atoms with Crippen molar-refractivity contribution in [2.45, 2.75) is 6.61 Å². The van der Waals surface area contributed by atoms with E-state index >= 15 is 0 Å². The number of thioether (sulfide) groups is 1. The number of halogens is 2. The highest BCUT2D eigenvalue weighted by Crippen LogP contribution is 2.35. The van der Waals surface area contributed by atoms with Crippen molar-refractivity contribution >= 4 is 66.6 Å². The minimum Gasteiger partial charge on any atom is -0.488 e. The van der Waals surface area contributed by atoms with E-state index in [0.717, 1.165) is 31.2 Å². The first-order chi connectivity index (χ1) is 15.9. The molecule has 0 aromatic heterocycles. The monoisotopic (exact) mass is 585 g/mol. The summed E-state index contributed by atoms with van der Waals surface area (Å²) < 4.78 is 7.62. The predicted octanol–water partition coefficient (Wildman–Crippen LogP) is 6.71. The van der Waals surface area contributed by atoms with Gasteiger partial charge in [-0.2, -0.15) is 0 Å². The van der Waals surface area contributed by atoms with Crippen LogP contribution in [-0.4, -0.2) is 28.4 Å². The third-order valence-electron chi connectivity index (χ3n) is 4.84. The summed E-state index contributed by atoms with van der Waals surface area (Å²) in [6.07, 6.45) is 1.63. The molecule has 1 aliphatic heterocycles. The number of rotatable bonds is 7. The zero-order chi connectivity index (χ0) is 23.4. The Morgan fingerprint density at radius 3 is 2.36 bits per heavy atom. The van der Waals surface area contributed by atoms with Crippen molar-refractivity contribution in [2.75, 3.05) is 6.54 Å². The van der Waals surface area contributed by atoms with Gasteiger partial charge < -0.3 is 4.74 Å². The fraction of sp³-hybridized carbons (Fsp3) is 0.0800. The van der Waals surface area contributed by atoms with Gasteiger partial charge in [-0.05, 0) is 53.7 Å². The summed E-state index contributed by atoms with van der Waals surface area (Å²) >= 11 is 7.58. The molecule has 166 valence electrons. The number of ketones is 1. The summed E-state index contributed by atoms with van der Waals surface area (Å²) in [5.41, 5.74) is 2.10. The molecule has 1 aliphatic rings. The van der Waals surface area contributed by atoms with Crippen LogP contribution in [0.5, 0.6) is 5.75 Å². The Labute approximate surface area is 212 Å². The van der Waals surface area contributed by atoms with Crippen molar-refractivity contribution in [2.24, 2.45) is 0 Å². The molecule has 33 heavy (non-hydrogen) atoms. The van der Waals surface area contributed by atoms with Crippen LogP contribution in [0.1, 0.15) is 21.5 Å². The Bertz CT molecular complexity index is 1240. The van der Waals surface area contributed by atoms with Gasteiger partial charge in [0.25, 0.3) is 11.1 Å². The lowest BCUT2D eigenvalue weighted by atomic mass is 10.1. The van der Waals surface area contributed by atoms with Gasteiger partial charge in [-0.25, -0.2) is 0 Å². The van der Waals surface area contributed by atoms with E-state index in [9.17, 15) is 14.4 Å². The van der Waals surface area contributed by atoms with E-state index < -0.39 is 11.1 Å². The van der Waals surface area contributed by atoms with Gasteiger partial charge in [-0.3, -0.25) is 19.3 Å². The second-order valence-electron chi connectivity index (χ2n) is 7.15. The third-order valence-corrected chi connectivity index (χ3v) is 6.77. The number of ether oxygens (including phenoxy) is 1. The molecule has 0 radical (unpaired) electrons. The molecule has 3 aromatic rings. The highest BCUT2D eigenvalue weighted by molar-refractivity contribution is 9.10. The van der Waals surface area contributed by atoms with Crippen LogP contribution in [0.2, 0.25) is 0 Å². The Balaban J connectivity index is 1.52. The van der Waals surface area contributed by atoms with Gasteiger partial charge in [0.1, 0.15) is 12.4 Å². The lowest BCUT2D eigenvalue weighted by molar-refractivity contribution is -0.122. The summed E-state index contributed by atoms with van der Waals surface area (Å²) in [4.78, 5) is 39.2. The predicted molar refractivity (Wildman–Crippen MR) is 136 cm³/mol. The van der Waals surface area contributed by atoms with Crippen LogP contribution in [0.4, 0.5) is 4.79 Å². The van der Waals surface area contributed by atoms with Crippen molar-refractivity contribution in [3.63, 3.8) is 0 Å². The zero-order valence-corrected chi connectivity index (χ0v) is 21.2. The van der Waals surface area contributed by atoms with Gasteiger partial charge in [0.15, 0.2) is 5.78 Å². The minimum absolute atomic E-state index is 0.242. The molecule has 5 nitrogen and oxygen atoms in total. The molecule has 0 unspecified atom stereocenters. The first kappa shape index (κ1) is 23.5. The summed E-state index contributed by atoms with van der Waals surface area (Å²) in [5.74, 6) is -0.218. The first-order valence-electron chi connectivity index (χ1n) is 9.91. The summed E-state index contributed by atoms with van der Waals surface area (Å²) in [5, 5.41) is -0.474. The van der Waals surface area contributed by atoms with Gasteiger partial charge in [0.05, 0.1) is 11.4 Å². The average molecular weight is 587 g/mol. The van der Waals surface area contributed by atoms with Crippen LogP contribution in [0.25, 0.3) is 6.08 Å². The van der Waals surface area contributed by atoms with Crippen molar-refractivity contribution in [3.8, 4) is 5.75 Å². The highest BCUT2D eigenvalue weighted by atomic mass is 79.9. The lowest BCUT2D eigenvalue weighted by Crippen LogP contribution is -2.33. The van der Waals surface area contributed by atoms with Crippen molar-refractivity contribution < 1.29 is 19.1 Å². The van der Waals surface area contributed by atoms with E-state index in [4.69, 9.17) is 4.74 Å². The number of carbonyl (C=O) groups is 3. The first-order valence-corrected chi connectivity index (χ1v) is 12.3. The number of imide groups is 1. The zero-order valence-electron chi connectivity index (χ0n) is 17.2. The van der Waals surface area contributed by atoms with Gasteiger partial charge in [0, 0.05) is 20.1 Å². The Kier molecular flexibility index (Phi) is 7.47. The number of hydrogen-bond acceptors (Lipinski definition) is 5. The molecule has 2 amide bonds. The fourth-order valence-electron chi connectivity index (χ4n) is 3.15. The smallest absolute Gasteiger partial charge is 0.293 e. The van der Waals surface area contributed by atoms with E-state index in [1.54, 1.807) is 36.4 Å². The highest BCUT2D eigenvalue weighted by Gasteiger charge is 2.36. The van der Waals surface area contributed by atoms with E-state index in [2.05, 4.69) is 31.9 Å². The molecular formula is C25H17Br2NO4S. The van der Waals surface area contributed by atoms with Crippen LogP contribution >= 0.6 is 43.6 Å². The van der Waals surface area contributed by atoms with E-state index in [1.807, 2.05) is 42.5 Å². The number of nitrogens with zero attached hydrogens (tertiary/aromatic N) is 1. The van der Waals surface area contributed by atoms with E-state index in [1.165, 1.54) is 0 Å². The topological polar surface area (TPSA) is 63.7 Å². The number of amides is 2. The number of benzene rings is 3. The molecule has 4 rings (SSSR count). The molecule has 0 N–H and O–H groups in total. The maximum absolute atomic E-state index is 12.9. The molecule has 0 atom stereocenters. The molecule has 0 aliphatic carbocycles. The van der Waals surface area contributed by atoms with Crippen LogP contribution in [0.3, 0.4) is 0 Å². The van der Waals surface area contributed by atoms with E-state index in [0.29, 0.717) is 23.5 Å². The second kappa shape index (κ2) is 10.5. The molecule has 1 saturated heterocycles. The maximum atomic E-state index is 12.9. The normalized spacial score (nSPS) is 14.7. The third kappa shape index (κ3) is 5.82. The van der Waals surface area contributed by atoms with Gasteiger partial charge in [-0.1, -0.05) is 74.3 Å². The molecule has 8 heteroatoms. The van der Waals surface area contributed by atoms with Crippen molar-refractivity contribution in [1.82, 2.24) is 4.90 Å². The van der Waals surface area contributed by atoms with Crippen LogP contribution in [0.15, 0.2) is 86.6 Å². The quantitative estimate of drug-likeness (QED) is 0.227. The standard InChI is InChI=1S/C25H17Br2NO4S/c26-19-8-6-17(7-9-19)21(29)14-28-24(30)23(33-25(28)31)13-18-12-20(27)10-11-22(18)32-15-16-4-2-1-3-5-16/h1-13H,14-15H2/b23-13-. The van der Waals surface area contributed by atoms with E-state index in [-0.39, 0.29) is 17.2 Å². The second-order valence-corrected chi connectivity index (χ2v) is 9.98. The Morgan fingerprint density at radius 2 is 1.64 bits per heavy atom. The largest absolute Gasteiger partial charge is 0.488 e. The summed E-state index contributed by atoms with van der Waals surface area (Å²) in [6.45, 7) is 0.0615. The van der Waals surface area contributed by atoms with Gasteiger partial charge in [0.2, 0.25) is 0 Å². The number of hydrogen-bond donors (Lipinski definition) is 0. The van der Waals surface area contributed by atoms with Crippen LogP contribution in [0, 0.1) is 0 Å². The average Bonchev–Trinajstić information content (AvgIpc) is 3.07. The van der Waals surface area contributed by atoms with Crippen LogP contribution < -0.4 is 4.74 Å². The Hall–Kier alpha value is -2.68. The lowest BCUT2D eigenvalue weighted by Gasteiger charge is -2.12. The molecule has 0 spiro atoms. The summed E-state index contributed by atoms with van der Waals surface area (Å²) in [6, 6.07) is 22.0. The maximum Gasteiger partial charge on any atom is 0.293 e. The number of Topliss-reactive ketones (excluding diaryl/α,β-unsaturated/α-hetero) is 1. The molecule has 0 saturated carbocycles. The molecular weight excluding hydrogens is 570 g/mol. The molecule has 1 fully saturated rings.